The maximum atomic E-state index is 12.6. The third kappa shape index (κ3) is 4.33. The molecule has 2 atom stereocenters. The first-order valence-electron chi connectivity index (χ1n) is 10.6. The predicted octanol–water partition coefficient (Wildman–Crippen LogP) is 5.01. The number of piperidine rings is 1. The minimum atomic E-state index is -0.339. The van der Waals surface area contributed by atoms with E-state index in [4.69, 9.17) is 4.74 Å². The van der Waals surface area contributed by atoms with E-state index in [0.717, 1.165) is 30.6 Å². The maximum Gasteiger partial charge on any atom is 0.308 e. The summed E-state index contributed by atoms with van der Waals surface area (Å²) in [6.45, 7) is 4.48. The molecule has 0 radical (unpaired) electrons. The van der Waals surface area contributed by atoms with Gasteiger partial charge in [0, 0.05) is 28.4 Å². The maximum absolute atomic E-state index is 12.6. The molecule has 1 saturated heterocycles. The quantitative estimate of drug-likeness (QED) is 0.632. The van der Waals surface area contributed by atoms with Gasteiger partial charge in [0.1, 0.15) is 0 Å². The molecule has 1 amide bonds. The topological polar surface area (TPSA) is 49.9 Å². The molecule has 2 aromatic carbocycles. The minimum Gasteiger partial charge on any atom is -0.456 e. The normalized spacial score (nSPS) is 20.3. The summed E-state index contributed by atoms with van der Waals surface area (Å²) >= 11 is 1.74. The van der Waals surface area contributed by atoms with E-state index >= 15 is 0 Å². The summed E-state index contributed by atoms with van der Waals surface area (Å²) < 4.78 is 5.36. The highest BCUT2D eigenvalue weighted by Crippen LogP contribution is 2.47. The van der Waals surface area contributed by atoms with Crippen LogP contribution >= 0.6 is 11.8 Å². The van der Waals surface area contributed by atoms with E-state index in [1.165, 1.54) is 9.79 Å². The molecule has 0 spiro atoms. The van der Waals surface area contributed by atoms with E-state index < -0.39 is 0 Å². The summed E-state index contributed by atoms with van der Waals surface area (Å²) in [5, 5.41) is 0. The van der Waals surface area contributed by atoms with Gasteiger partial charge < -0.3 is 14.5 Å². The minimum absolute atomic E-state index is 0.0897. The van der Waals surface area contributed by atoms with Crippen LogP contribution in [0.4, 0.5) is 11.4 Å². The number of esters is 1. The number of para-hydroxylation sites is 2. The molecule has 1 fully saturated rings. The fraction of sp³-hybridized carbons (Fsp3) is 0.417. The fourth-order valence-corrected chi connectivity index (χ4v) is 5.52. The number of benzene rings is 2. The average Bonchev–Trinajstić information content (AvgIpc) is 2.75. The number of hydrogen-bond donors (Lipinski definition) is 0. The zero-order chi connectivity index (χ0) is 21.1. The Morgan fingerprint density at radius 2 is 1.53 bits per heavy atom. The Hall–Kier alpha value is -2.47. The lowest BCUT2D eigenvalue weighted by Crippen LogP contribution is -2.49. The second-order valence-corrected chi connectivity index (χ2v) is 9.11. The van der Waals surface area contributed by atoms with Crippen LogP contribution < -0.4 is 4.90 Å². The molecule has 30 heavy (non-hydrogen) atoms. The zero-order valence-electron chi connectivity index (χ0n) is 17.5. The SMILES string of the molecule is C[C@H]1CCC[C@H](C)N1C(=O)COC(=O)CCN1c2ccccc2Sc2ccccc21. The van der Waals surface area contributed by atoms with Crippen LogP contribution in [0.15, 0.2) is 58.3 Å². The molecule has 0 N–H and O–H groups in total. The van der Waals surface area contributed by atoms with Crippen LogP contribution in [0.25, 0.3) is 0 Å². The molecule has 2 aliphatic rings. The van der Waals surface area contributed by atoms with Crippen LogP contribution in [0, 0.1) is 0 Å². The molecule has 0 aromatic heterocycles. The van der Waals surface area contributed by atoms with Crippen LogP contribution in [-0.2, 0) is 14.3 Å². The number of anilines is 2. The Morgan fingerprint density at radius 1 is 0.967 bits per heavy atom. The second kappa shape index (κ2) is 9.13. The van der Waals surface area contributed by atoms with E-state index in [-0.39, 0.29) is 37.0 Å². The van der Waals surface area contributed by atoms with Crippen molar-refractivity contribution in [1.82, 2.24) is 4.90 Å². The van der Waals surface area contributed by atoms with Crippen molar-refractivity contribution >= 4 is 35.0 Å². The third-order valence-corrected chi connectivity index (χ3v) is 7.04. The number of hydrogen-bond acceptors (Lipinski definition) is 5. The van der Waals surface area contributed by atoms with E-state index in [9.17, 15) is 9.59 Å². The molecule has 2 aliphatic heterocycles. The number of amides is 1. The molecule has 0 aliphatic carbocycles. The van der Waals surface area contributed by atoms with Gasteiger partial charge in [0.2, 0.25) is 0 Å². The molecular weight excluding hydrogens is 396 g/mol. The Labute approximate surface area is 182 Å². The summed E-state index contributed by atoms with van der Waals surface area (Å²) in [5.74, 6) is -0.429. The van der Waals surface area contributed by atoms with Gasteiger partial charge in [-0.2, -0.15) is 0 Å². The number of carbonyl (C=O) groups excluding carboxylic acids is 2. The van der Waals surface area contributed by atoms with Gasteiger partial charge in [-0.15, -0.1) is 0 Å². The Bertz CT molecular complexity index is 877. The lowest BCUT2D eigenvalue weighted by atomic mass is 9.97. The van der Waals surface area contributed by atoms with Gasteiger partial charge in [-0.25, -0.2) is 0 Å². The molecule has 0 saturated carbocycles. The molecule has 4 rings (SSSR count). The van der Waals surface area contributed by atoms with Crippen molar-refractivity contribution < 1.29 is 14.3 Å². The summed E-state index contributed by atoms with van der Waals surface area (Å²) in [6, 6.07) is 16.8. The highest BCUT2D eigenvalue weighted by molar-refractivity contribution is 7.99. The van der Waals surface area contributed by atoms with Gasteiger partial charge in [-0.1, -0.05) is 36.0 Å². The van der Waals surface area contributed by atoms with E-state index in [0.29, 0.717) is 6.54 Å². The monoisotopic (exact) mass is 424 g/mol. The standard InChI is InChI=1S/C24H28N2O3S/c1-17-8-7-9-18(2)26(17)23(27)16-29-24(28)14-15-25-19-10-3-5-12-21(19)30-22-13-6-4-11-20(22)25/h3-6,10-13,17-18H,7-9,14-16H2,1-2H3/t17-,18-/m0/s1. The number of ether oxygens (including phenoxy) is 1. The molecule has 2 heterocycles. The molecule has 5 nitrogen and oxygen atoms in total. The third-order valence-electron chi connectivity index (χ3n) is 5.91. The summed E-state index contributed by atoms with van der Waals surface area (Å²) in [6.07, 6.45) is 3.39. The highest BCUT2D eigenvalue weighted by atomic mass is 32.2. The number of nitrogens with zero attached hydrogens (tertiary/aromatic N) is 2. The Balaban J connectivity index is 1.37. The molecule has 0 unspecified atom stereocenters. The number of likely N-dealkylation sites (tertiary alicyclic amines) is 1. The van der Waals surface area contributed by atoms with Crippen LogP contribution in [0.5, 0.6) is 0 Å². The van der Waals surface area contributed by atoms with Crippen LogP contribution in [-0.4, -0.2) is 42.0 Å². The summed E-state index contributed by atoms with van der Waals surface area (Å²) in [4.78, 5) is 31.4. The first-order valence-corrected chi connectivity index (χ1v) is 11.5. The molecule has 2 aromatic rings. The highest BCUT2D eigenvalue weighted by Gasteiger charge is 2.29. The van der Waals surface area contributed by atoms with Crippen molar-refractivity contribution in [3.8, 4) is 0 Å². The van der Waals surface area contributed by atoms with Crippen molar-refractivity contribution in [2.45, 2.75) is 61.4 Å². The van der Waals surface area contributed by atoms with Crippen molar-refractivity contribution in [3.05, 3.63) is 48.5 Å². The number of rotatable bonds is 5. The lowest BCUT2D eigenvalue weighted by molar-refractivity contribution is -0.154. The zero-order valence-corrected chi connectivity index (χ0v) is 18.4. The molecular formula is C24H28N2O3S. The predicted molar refractivity (Wildman–Crippen MR) is 119 cm³/mol. The Kier molecular flexibility index (Phi) is 6.32. The van der Waals surface area contributed by atoms with Crippen molar-refractivity contribution in [2.75, 3.05) is 18.1 Å². The Morgan fingerprint density at radius 3 is 2.13 bits per heavy atom. The van der Waals surface area contributed by atoms with Gasteiger partial charge in [-0.05, 0) is 57.4 Å². The van der Waals surface area contributed by atoms with Gasteiger partial charge in [0.25, 0.3) is 5.91 Å². The van der Waals surface area contributed by atoms with E-state index in [2.05, 4.69) is 43.0 Å². The van der Waals surface area contributed by atoms with Crippen molar-refractivity contribution in [3.63, 3.8) is 0 Å². The molecule has 158 valence electrons. The van der Waals surface area contributed by atoms with E-state index in [1.54, 1.807) is 11.8 Å². The first kappa shape index (κ1) is 20.8. The number of fused-ring (bicyclic) bond motifs is 2. The van der Waals surface area contributed by atoms with Gasteiger partial charge in [-0.3, -0.25) is 9.59 Å². The van der Waals surface area contributed by atoms with Crippen LogP contribution in [0.1, 0.15) is 39.5 Å². The largest absolute Gasteiger partial charge is 0.456 e. The van der Waals surface area contributed by atoms with Crippen molar-refractivity contribution in [2.24, 2.45) is 0 Å². The lowest BCUT2D eigenvalue weighted by Gasteiger charge is -2.38. The first-order chi connectivity index (χ1) is 14.5. The molecule has 6 heteroatoms. The number of carbonyl (C=O) groups is 2. The van der Waals surface area contributed by atoms with Gasteiger partial charge >= 0.3 is 5.97 Å². The second-order valence-electron chi connectivity index (χ2n) is 8.03. The van der Waals surface area contributed by atoms with Crippen LogP contribution in [0.3, 0.4) is 0 Å². The average molecular weight is 425 g/mol. The smallest absolute Gasteiger partial charge is 0.308 e. The van der Waals surface area contributed by atoms with Gasteiger partial charge in [0.05, 0.1) is 17.8 Å². The summed E-state index contributed by atoms with van der Waals surface area (Å²) in [5.41, 5.74) is 2.20. The van der Waals surface area contributed by atoms with Crippen molar-refractivity contribution in [1.29, 1.82) is 0 Å². The van der Waals surface area contributed by atoms with Gasteiger partial charge in [0.15, 0.2) is 6.61 Å². The van der Waals surface area contributed by atoms with Crippen LogP contribution in [0.2, 0.25) is 0 Å². The fourth-order valence-electron chi connectivity index (χ4n) is 4.43. The molecule has 0 bridgehead atoms. The van der Waals surface area contributed by atoms with E-state index in [1.807, 2.05) is 29.2 Å². The summed E-state index contributed by atoms with van der Waals surface area (Å²) in [7, 11) is 0.